The number of rotatable bonds is 9. The number of methoxy groups -OCH3 is 1. The molecule has 32 heavy (non-hydrogen) atoms. The van der Waals surface area contributed by atoms with Crippen LogP contribution in [0.15, 0.2) is 24.3 Å². The molecule has 2 aromatic rings. The molecule has 0 saturated carbocycles. The van der Waals surface area contributed by atoms with E-state index in [4.69, 9.17) is 4.74 Å². The molecule has 0 radical (unpaired) electrons. The fourth-order valence-corrected chi connectivity index (χ4v) is 4.50. The maximum atomic E-state index is 12.8. The van der Waals surface area contributed by atoms with Crippen LogP contribution in [-0.2, 0) is 29.6 Å². The van der Waals surface area contributed by atoms with Crippen LogP contribution < -0.4 is 10.1 Å². The molecular weight excluding hydrogens is 404 g/mol. The van der Waals surface area contributed by atoms with Crippen molar-refractivity contribution in [3.05, 3.63) is 46.8 Å². The number of hydrogen-bond donors (Lipinski definition) is 1. The van der Waals surface area contributed by atoms with Gasteiger partial charge in [0.15, 0.2) is 0 Å². The van der Waals surface area contributed by atoms with E-state index in [2.05, 4.69) is 17.3 Å². The Labute approximate surface area is 191 Å². The zero-order chi connectivity index (χ0) is 23.1. The van der Waals surface area contributed by atoms with E-state index in [0.717, 1.165) is 61.5 Å². The zero-order valence-electron chi connectivity index (χ0n) is 19.8. The Hall–Kier alpha value is -2.83. The summed E-state index contributed by atoms with van der Waals surface area (Å²) in [4.78, 5) is 27.1. The monoisotopic (exact) mass is 440 g/mol. The van der Waals surface area contributed by atoms with E-state index in [9.17, 15) is 9.59 Å². The number of aryl methyl sites for hydroxylation is 2. The highest BCUT2D eigenvalue weighted by molar-refractivity contribution is 5.77. The van der Waals surface area contributed by atoms with Gasteiger partial charge in [-0.1, -0.05) is 12.1 Å². The molecule has 0 aliphatic carbocycles. The number of carbonyl (C=O) groups excluding carboxylic acids is 2. The van der Waals surface area contributed by atoms with Crippen molar-refractivity contribution in [2.45, 2.75) is 58.9 Å². The number of ether oxygens (including phenoxy) is 1. The van der Waals surface area contributed by atoms with E-state index >= 15 is 0 Å². The van der Waals surface area contributed by atoms with Gasteiger partial charge < -0.3 is 15.0 Å². The second-order valence-corrected chi connectivity index (χ2v) is 8.79. The maximum Gasteiger partial charge on any atom is 0.222 e. The van der Waals surface area contributed by atoms with Crippen LogP contribution >= 0.6 is 0 Å². The lowest BCUT2D eigenvalue weighted by atomic mass is 9.93. The SMILES string of the molecule is COc1cccc(CNC(=O)CC[C@@H]2CCCN(C(=O)CCc3c(C)nn(C)c3C)C2)c1. The van der Waals surface area contributed by atoms with Gasteiger partial charge in [-0.3, -0.25) is 14.3 Å². The first-order valence-corrected chi connectivity index (χ1v) is 11.5. The number of benzene rings is 1. The van der Waals surface area contributed by atoms with Crippen LogP contribution in [0.4, 0.5) is 0 Å². The van der Waals surface area contributed by atoms with Gasteiger partial charge in [-0.2, -0.15) is 5.10 Å². The highest BCUT2D eigenvalue weighted by Gasteiger charge is 2.24. The van der Waals surface area contributed by atoms with Gasteiger partial charge in [-0.15, -0.1) is 0 Å². The predicted octanol–water partition coefficient (Wildman–Crippen LogP) is 3.31. The fourth-order valence-electron chi connectivity index (χ4n) is 4.50. The van der Waals surface area contributed by atoms with Gasteiger partial charge in [0.2, 0.25) is 11.8 Å². The van der Waals surface area contributed by atoms with Crippen molar-refractivity contribution in [2.24, 2.45) is 13.0 Å². The summed E-state index contributed by atoms with van der Waals surface area (Å²) in [5.41, 5.74) is 4.34. The second kappa shape index (κ2) is 11.2. The van der Waals surface area contributed by atoms with Gasteiger partial charge in [-0.25, -0.2) is 0 Å². The Morgan fingerprint density at radius 1 is 1.25 bits per heavy atom. The molecule has 3 rings (SSSR count). The molecule has 0 unspecified atom stereocenters. The summed E-state index contributed by atoms with van der Waals surface area (Å²) in [5.74, 6) is 1.44. The van der Waals surface area contributed by atoms with Gasteiger partial charge in [0.25, 0.3) is 0 Å². The average molecular weight is 441 g/mol. The highest BCUT2D eigenvalue weighted by atomic mass is 16.5. The Morgan fingerprint density at radius 3 is 2.78 bits per heavy atom. The standard InChI is InChI=1S/C25H36N4O3/c1-18-23(19(2)28(3)27-18)11-13-25(31)29-14-6-8-20(17-29)10-12-24(30)26-16-21-7-5-9-22(15-21)32-4/h5,7,9,15,20H,6,8,10-14,16-17H2,1-4H3,(H,26,30)/t20-/m0/s1. The van der Waals surface area contributed by atoms with E-state index < -0.39 is 0 Å². The van der Waals surface area contributed by atoms with E-state index in [-0.39, 0.29) is 11.8 Å². The van der Waals surface area contributed by atoms with Crippen molar-refractivity contribution in [3.8, 4) is 5.75 Å². The number of aromatic nitrogens is 2. The van der Waals surface area contributed by atoms with Crippen LogP contribution in [0.3, 0.4) is 0 Å². The number of carbonyl (C=O) groups is 2. The minimum absolute atomic E-state index is 0.0544. The molecule has 7 heteroatoms. The summed E-state index contributed by atoms with van der Waals surface area (Å²) in [6.07, 6.45) is 4.64. The van der Waals surface area contributed by atoms with Crippen molar-refractivity contribution in [2.75, 3.05) is 20.2 Å². The lowest BCUT2D eigenvalue weighted by Gasteiger charge is -2.33. The predicted molar refractivity (Wildman–Crippen MR) is 124 cm³/mol. The largest absolute Gasteiger partial charge is 0.497 e. The summed E-state index contributed by atoms with van der Waals surface area (Å²) in [6, 6.07) is 7.71. The molecule has 1 aromatic heterocycles. The molecule has 2 heterocycles. The molecule has 0 spiro atoms. The van der Waals surface area contributed by atoms with Gasteiger partial charge in [0.1, 0.15) is 5.75 Å². The van der Waals surface area contributed by atoms with Crippen molar-refractivity contribution in [3.63, 3.8) is 0 Å². The van der Waals surface area contributed by atoms with Crippen molar-refractivity contribution in [1.29, 1.82) is 0 Å². The Kier molecular flexibility index (Phi) is 8.31. The highest BCUT2D eigenvalue weighted by Crippen LogP contribution is 2.23. The number of nitrogens with one attached hydrogen (secondary N) is 1. The molecule has 1 aromatic carbocycles. The van der Waals surface area contributed by atoms with Crippen LogP contribution in [0.2, 0.25) is 0 Å². The molecule has 1 atom stereocenters. The first kappa shape index (κ1) is 23.8. The number of likely N-dealkylation sites (tertiary alicyclic amines) is 1. The van der Waals surface area contributed by atoms with Crippen LogP contribution in [0, 0.1) is 19.8 Å². The molecule has 2 amide bonds. The van der Waals surface area contributed by atoms with Crippen LogP contribution in [0.25, 0.3) is 0 Å². The van der Waals surface area contributed by atoms with Gasteiger partial charge >= 0.3 is 0 Å². The first-order chi connectivity index (χ1) is 15.4. The molecule has 1 aliphatic rings. The van der Waals surface area contributed by atoms with Crippen molar-refractivity contribution < 1.29 is 14.3 Å². The quantitative estimate of drug-likeness (QED) is 0.649. The van der Waals surface area contributed by atoms with E-state index in [1.807, 2.05) is 47.8 Å². The minimum atomic E-state index is 0.0544. The second-order valence-electron chi connectivity index (χ2n) is 8.79. The summed E-state index contributed by atoms with van der Waals surface area (Å²) in [5, 5.41) is 7.44. The van der Waals surface area contributed by atoms with Gasteiger partial charge in [0.05, 0.1) is 12.8 Å². The Balaban J connectivity index is 1.41. The fraction of sp³-hybridized carbons (Fsp3) is 0.560. The molecule has 0 bridgehead atoms. The topological polar surface area (TPSA) is 76.5 Å². The molecule has 1 fully saturated rings. The third-order valence-corrected chi connectivity index (χ3v) is 6.52. The first-order valence-electron chi connectivity index (χ1n) is 11.5. The van der Waals surface area contributed by atoms with Crippen LogP contribution in [-0.4, -0.2) is 46.7 Å². The van der Waals surface area contributed by atoms with Crippen molar-refractivity contribution in [1.82, 2.24) is 20.0 Å². The summed E-state index contributed by atoms with van der Waals surface area (Å²) in [7, 11) is 3.58. The van der Waals surface area contributed by atoms with Gasteiger partial charge in [0, 0.05) is 45.2 Å². The maximum absolute atomic E-state index is 12.8. The van der Waals surface area contributed by atoms with E-state index in [1.165, 1.54) is 5.56 Å². The summed E-state index contributed by atoms with van der Waals surface area (Å²) >= 11 is 0. The van der Waals surface area contributed by atoms with Gasteiger partial charge in [-0.05, 0) is 68.7 Å². The molecule has 174 valence electrons. The molecule has 7 nitrogen and oxygen atoms in total. The van der Waals surface area contributed by atoms with Crippen LogP contribution in [0.5, 0.6) is 5.75 Å². The third-order valence-electron chi connectivity index (χ3n) is 6.52. The Bertz CT molecular complexity index is 937. The van der Waals surface area contributed by atoms with E-state index in [1.54, 1.807) is 7.11 Å². The normalized spacial score (nSPS) is 16.1. The summed E-state index contributed by atoms with van der Waals surface area (Å²) < 4.78 is 7.10. The number of hydrogen-bond acceptors (Lipinski definition) is 4. The smallest absolute Gasteiger partial charge is 0.222 e. The van der Waals surface area contributed by atoms with Crippen LogP contribution in [0.1, 0.15) is 54.6 Å². The zero-order valence-corrected chi connectivity index (χ0v) is 19.8. The average Bonchev–Trinajstić information content (AvgIpc) is 3.05. The third kappa shape index (κ3) is 6.34. The number of piperidine rings is 1. The lowest BCUT2D eigenvalue weighted by Crippen LogP contribution is -2.40. The molecule has 1 aliphatic heterocycles. The number of amides is 2. The molecule has 1 saturated heterocycles. The Morgan fingerprint density at radius 2 is 2.06 bits per heavy atom. The summed E-state index contributed by atoms with van der Waals surface area (Å²) in [6.45, 7) is 6.13. The molecular formula is C25H36N4O3. The van der Waals surface area contributed by atoms with E-state index in [0.29, 0.717) is 25.3 Å². The van der Waals surface area contributed by atoms with Crippen molar-refractivity contribution >= 4 is 11.8 Å². The minimum Gasteiger partial charge on any atom is -0.497 e. The lowest BCUT2D eigenvalue weighted by molar-refractivity contribution is -0.133. The number of nitrogens with zero attached hydrogens (tertiary/aromatic N) is 3. The molecule has 1 N–H and O–H groups in total.